The van der Waals surface area contributed by atoms with Crippen LogP contribution in [0, 0.1) is 6.92 Å². The Bertz CT molecular complexity index is 1110. The Morgan fingerprint density at radius 3 is 2.76 bits per heavy atom. The first-order valence-corrected chi connectivity index (χ1v) is 11.7. The molecule has 0 aliphatic carbocycles. The molecule has 2 aromatic carbocycles. The van der Waals surface area contributed by atoms with Gasteiger partial charge >= 0.3 is 5.97 Å². The lowest BCUT2D eigenvalue weighted by Gasteiger charge is -2.27. The highest BCUT2D eigenvalue weighted by atomic mass is 16.5. The minimum absolute atomic E-state index is 0.159. The van der Waals surface area contributed by atoms with Gasteiger partial charge in [-0.15, -0.1) is 0 Å². The van der Waals surface area contributed by atoms with Gasteiger partial charge in [-0.3, -0.25) is 4.90 Å². The number of carbonyl (C=O) groups is 1. The summed E-state index contributed by atoms with van der Waals surface area (Å²) in [5.74, 6) is 0.374. The molecule has 1 aliphatic rings. The second kappa shape index (κ2) is 10.2. The number of aromatic nitrogens is 1. The fourth-order valence-electron chi connectivity index (χ4n) is 4.55. The van der Waals surface area contributed by atoms with E-state index in [1.807, 2.05) is 20.9 Å². The van der Waals surface area contributed by atoms with Crippen molar-refractivity contribution in [3.05, 3.63) is 83.6 Å². The number of pyridine rings is 1. The maximum atomic E-state index is 12.6. The van der Waals surface area contributed by atoms with Gasteiger partial charge in [-0.25, -0.2) is 9.78 Å². The van der Waals surface area contributed by atoms with E-state index in [2.05, 4.69) is 70.2 Å². The van der Waals surface area contributed by atoms with Crippen LogP contribution >= 0.6 is 0 Å². The Labute approximate surface area is 197 Å². The number of likely N-dealkylation sites (N-methyl/N-ethyl adjacent to an activating group) is 1. The summed E-state index contributed by atoms with van der Waals surface area (Å²) < 4.78 is 5.43. The molecule has 0 spiro atoms. The molecular formula is C28H33N3O2. The van der Waals surface area contributed by atoms with E-state index in [-0.39, 0.29) is 12.1 Å². The number of nitrogens with zero attached hydrogens (tertiary/aromatic N) is 3. The molecule has 5 nitrogen and oxygen atoms in total. The lowest BCUT2D eigenvalue weighted by atomic mass is 9.99. The van der Waals surface area contributed by atoms with Crippen LogP contribution in [0.2, 0.25) is 0 Å². The third-order valence-corrected chi connectivity index (χ3v) is 6.27. The van der Waals surface area contributed by atoms with E-state index < -0.39 is 0 Å². The first-order valence-electron chi connectivity index (χ1n) is 11.7. The molecule has 0 amide bonds. The van der Waals surface area contributed by atoms with E-state index in [1.54, 1.807) is 18.3 Å². The maximum Gasteiger partial charge on any atom is 0.342 e. The van der Waals surface area contributed by atoms with Crippen LogP contribution < -0.4 is 4.90 Å². The Balaban J connectivity index is 1.44. The van der Waals surface area contributed by atoms with Crippen molar-refractivity contribution >= 4 is 11.8 Å². The molecule has 1 aromatic heterocycles. The second-order valence-electron chi connectivity index (χ2n) is 9.13. The number of likely N-dealkylation sites (tertiary alicyclic amines) is 1. The summed E-state index contributed by atoms with van der Waals surface area (Å²) >= 11 is 0. The lowest BCUT2D eigenvalue weighted by Crippen LogP contribution is -2.36. The first kappa shape index (κ1) is 23.0. The third-order valence-electron chi connectivity index (χ3n) is 6.27. The number of ether oxygens (including phenoxy) is 1. The molecule has 1 unspecified atom stereocenters. The Morgan fingerprint density at radius 1 is 1.15 bits per heavy atom. The number of hydrogen-bond acceptors (Lipinski definition) is 5. The molecular weight excluding hydrogens is 410 g/mol. The smallest absolute Gasteiger partial charge is 0.342 e. The summed E-state index contributed by atoms with van der Waals surface area (Å²) in [6.45, 7) is 8.74. The predicted octanol–water partition coefficient (Wildman–Crippen LogP) is 5.33. The summed E-state index contributed by atoms with van der Waals surface area (Å²) in [5, 5.41) is 0. The number of carbonyl (C=O) groups excluding carboxylic acids is 1. The van der Waals surface area contributed by atoms with Gasteiger partial charge in [-0.2, -0.15) is 0 Å². The SMILES string of the molecule is Cc1ccccc1-c1cccc(CN2CCC(N(C)c3ncccc3C(=O)OC(C)C)C2)c1. The normalized spacial score (nSPS) is 16.2. The van der Waals surface area contributed by atoms with Crippen LogP contribution in [0.4, 0.5) is 5.82 Å². The number of anilines is 1. The Hall–Kier alpha value is -3.18. The first-order chi connectivity index (χ1) is 15.9. The van der Waals surface area contributed by atoms with E-state index in [0.29, 0.717) is 17.4 Å². The van der Waals surface area contributed by atoms with Crippen LogP contribution in [0.25, 0.3) is 11.1 Å². The molecule has 5 heteroatoms. The monoisotopic (exact) mass is 443 g/mol. The molecule has 33 heavy (non-hydrogen) atoms. The van der Waals surface area contributed by atoms with Gasteiger partial charge in [-0.05, 0) is 67.6 Å². The fourth-order valence-corrected chi connectivity index (χ4v) is 4.55. The van der Waals surface area contributed by atoms with Crippen LogP contribution in [-0.4, -0.2) is 48.1 Å². The zero-order valence-electron chi connectivity index (χ0n) is 20.0. The molecule has 1 saturated heterocycles. The van der Waals surface area contributed by atoms with E-state index in [9.17, 15) is 4.79 Å². The van der Waals surface area contributed by atoms with Gasteiger partial charge in [0.2, 0.25) is 0 Å². The molecule has 0 saturated carbocycles. The summed E-state index contributed by atoms with van der Waals surface area (Å²) in [5.41, 5.74) is 5.69. The van der Waals surface area contributed by atoms with Gasteiger partial charge < -0.3 is 9.64 Å². The van der Waals surface area contributed by atoms with Crippen molar-refractivity contribution in [3.8, 4) is 11.1 Å². The van der Waals surface area contributed by atoms with Crippen molar-refractivity contribution in [3.63, 3.8) is 0 Å². The van der Waals surface area contributed by atoms with Crippen molar-refractivity contribution in [2.45, 2.75) is 45.9 Å². The van der Waals surface area contributed by atoms with Gasteiger partial charge in [0.15, 0.2) is 0 Å². The molecule has 1 fully saturated rings. The summed E-state index contributed by atoms with van der Waals surface area (Å²) in [7, 11) is 2.03. The zero-order valence-corrected chi connectivity index (χ0v) is 20.0. The van der Waals surface area contributed by atoms with Gasteiger partial charge in [0.1, 0.15) is 11.4 Å². The van der Waals surface area contributed by atoms with E-state index in [4.69, 9.17) is 4.74 Å². The average Bonchev–Trinajstić information content (AvgIpc) is 3.27. The highest BCUT2D eigenvalue weighted by Gasteiger charge is 2.29. The van der Waals surface area contributed by atoms with Crippen molar-refractivity contribution in [2.75, 3.05) is 25.0 Å². The molecule has 0 bridgehead atoms. The Morgan fingerprint density at radius 2 is 1.97 bits per heavy atom. The molecule has 172 valence electrons. The summed E-state index contributed by atoms with van der Waals surface area (Å²) in [4.78, 5) is 21.7. The van der Waals surface area contributed by atoms with E-state index in [1.165, 1.54) is 22.3 Å². The minimum Gasteiger partial charge on any atom is -0.459 e. The molecule has 0 N–H and O–H groups in total. The van der Waals surface area contributed by atoms with Crippen molar-refractivity contribution < 1.29 is 9.53 Å². The van der Waals surface area contributed by atoms with Crippen LogP contribution in [0.5, 0.6) is 0 Å². The average molecular weight is 444 g/mol. The zero-order chi connectivity index (χ0) is 23.4. The predicted molar refractivity (Wildman–Crippen MR) is 133 cm³/mol. The number of benzene rings is 2. The third kappa shape index (κ3) is 5.42. The molecule has 2 heterocycles. The van der Waals surface area contributed by atoms with Gasteiger partial charge in [0.05, 0.1) is 6.10 Å². The van der Waals surface area contributed by atoms with E-state index in [0.717, 1.165) is 26.1 Å². The number of rotatable bonds is 7. The van der Waals surface area contributed by atoms with Gasteiger partial charge in [0.25, 0.3) is 0 Å². The van der Waals surface area contributed by atoms with Crippen LogP contribution in [0.3, 0.4) is 0 Å². The van der Waals surface area contributed by atoms with E-state index >= 15 is 0 Å². The van der Waals surface area contributed by atoms with Crippen LogP contribution in [0.15, 0.2) is 66.9 Å². The molecule has 1 atom stereocenters. The lowest BCUT2D eigenvalue weighted by molar-refractivity contribution is 0.0378. The maximum absolute atomic E-state index is 12.6. The minimum atomic E-state index is -0.317. The summed E-state index contributed by atoms with van der Waals surface area (Å²) in [6.07, 6.45) is 2.61. The fraction of sp³-hybridized carbons (Fsp3) is 0.357. The molecule has 1 aliphatic heterocycles. The summed E-state index contributed by atoms with van der Waals surface area (Å²) in [6, 6.07) is 21.3. The number of hydrogen-bond donors (Lipinski definition) is 0. The molecule has 0 radical (unpaired) electrons. The van der Waals surface area contributed by atoms with Crippen molar-refractivity contribution in [1.82, 2.24) is 9.88 Å². The molecule has 3 aromatic rings. The van der Waals surface area contributed by atoms with Gasteiger partial charge in [-0.1, -0.05) is 42.5 Å². The standard InChI is InChI=1S/C28H33N3O2/c1-20(2)33-28(32)26-13-8-15-29-27(26)30(4)24-14-16-31(19-24)18-22-10-7-11-23(17-22)25-12-6-5-9-21(25)3/h5-13,15,17,20,24H,14,16,18-19H2,1-4H3. The highest BCUT2D eigenvalue weighted by molar-refractivity contribution is 5.94. The largest absolute Gasteiger partial charge is 0.459 e. The number of aryl methyl sites for hydroxylation is 1. The second-order valence-corrected chi connectivity index (χ2v) is 9.13. The van der Waals surface area contributed by atoms with Crippen LogP contribution in [-0.2, 0) is 11.3 Å². The topological polar surface area (TPSA) is 45.7 Å². The number of esters is 1. The van der Waals surface area contributed by atoms with Crippen molar-refractivity contribution in [1.29, 1.82) is 0 Å². The van der Waals surface area contributed by atoms with Crippen molar-refractivity contribution in [2.24, 2.45) is 0 Å². The van der Waals surface area contributed by atoms with Crippen LogP contribution in [0.1, 0.15) is 41.8 Å². The van der Waals surface area contributed by atoms with Gasteiger partial charge in [0, 0.05) is 38.9 Å². The Kier molecular flexibility index (Phi) is 7.09. The highest BCUT2D eigenvalue weighted by Crippen LogP contribution is 2.27. The molecule has 4 rings (SSSR count). The quantitative estimate of drug-likeness (QED) is 0.462.